The summed E-state index contributed by atoms with van der Waals surface area (Å²) in [6, 6.07) is 7.76. The van der Waals surface area contributed by atoms with Gasteiger partial charge in [0.05, 0.1) is 18.1 Å². The van der Waals surface area contributed by atoms with Crippen LogP contribution < -0.4 is 4.18 Å². The molecular formula is C28H30F3NO5S. The normalized spacial score (nSPS) is 35.1. The molecule has 5 rings (SSSR count). The van der Waals surface area contributed by atoms with Gasteiger partial charge in [-0.3, -0.25) is 4.79 Å². The van der Waals surface area contributed by atoms with Gasteiger partial charge in [-0.05, 0) is 84.8 Å². The number of nitrogens with zero attached hydrogens (tertiary/aromatic N) is 1. The molecule has 0 unspecified atom stereocenters. The molecule has 2 saturated carbocycles. The van der Waals surface area contributed by atoms with E-state index in [1.54, 1.807) is 18.2 Å². The molecule has 4 aliphatic rings. The third-order valence-electron chi connectivity index (χ3n) is 10.0. The van der Waals surface area contributed by atoms with Gasteiger partial charge in [-0.15, -0.1) is 0 Å². The number of carbonyl (C=O) groups is 1. The third kappa shape index (κ3) is 3.84. The highest BCUT2D eigenvalue weighted by atomic mass is 32.2. The van der Waals surface area contributed by atoms with E-state index in [0.29, 0.717) is 25.7 Å². The van der Waals surface area contributed by atoms with Gasteiger partial charge in [0.15, 0.2) is 5.78 Å². The monoisotopic (exact) mass is 549 g/mol. The van der Waals surface area contributed by atoms with Crippen LogP contribution in [0.2, 0.25) is 0 Å². The summed E-state index contributed by atoms with van der Waals surface area (Å²) in [5.41, 5.74) is -3.46. The van der Waals surface area contributed by atoms with Gasteiger partial charge in [0.2, 0.25) is 0 Å². The Balaban J connectivity index is 1.62. The molecule has 0 aromatic heterocycles. The molecular weight excluding hydrogens is 519 g/mol. The molecule has 0 saturated heterocycles. The number of alkyl halides is 3. The summed E-state index contributed by atoms with van der Waals surface area (Å²) in [5, 5.41) is 21.3. The largest absolute Gasteiger partial charge is 0.534 e. The number of hydrogen-bond donors (Lipinski definition) is 1. The third-order valence-corrected chi connectivity index (χ3v) is 11.0. The molecule has 1 aromatic rings. The quantitative estimate of drug-likeness (QED) is 0.373. The van der Waals surface area contributed by atoms with Gasteiger partial charge in [-0.1, -0.05) is 31.6 Å². The Hall–Kier alpha value is -2.64. The first kappa shape index (κ1) is 26.9. The summed E-state index contributed by atoms with van der Waals surface area (Å²) in [5.74, 6) is -0.466. The molecule has 0 radical (unpaired) electrons. The lowest BCUT2D eigenvalue weighted by molar-refractivity contribution is -0.125. The lowest BCUT2D eigenvalue weighted by Gasteiger charge is -2.60. The first-order valence-electron chi connectivity index (χ1n) is 12.8. The minimum absolute atomic E-state index is 0.00612. The second kappa shape index (κ2) is 8.68. The molecule has 2 fully saturated rings. The summed E-state index contributed by atoms with van der Waals surface area (Å²) in [7, 11) is -5.79. The number of aliphatic hydroxyl groups is 1. The van der Waals surface area contributed by atoms with E-state index in [1.165, 1.54) is 17.7 Å². The van der Waals surface area contributed by atoms with Crippen molar-refractivity contribution in [3.63, 3.8) is 0 Å². The summed E-state index contributed by atoms with van der Waals surface area (Å²) in [4.78, 5) is 12.2. The molecule has 0 bridgehead atoms. The standard InChI is InChI=1S/C28H30F3NO5S/c1-25-11-12-27(34,13-14-32)26(25,2)16-22(24-21-9-6-19(33)15-18(21)5-10-23(24)25)17-3-7-20(8-4-17)37-38(35,36)28(29,30)31/h3-4,7-8,15,22-23,34H,5-6,9-13,16H2,1-2H3/t22-,23-,25+,26+,27-/m1/s1. The lowest BCUT2D eigenvalue weighted by atomic mass is 9.45. The van der Waals surface area contributed by atoms with Gasteiger partial charge in [0.1, 0.15) is 5.75 Å². The fraction of sp³-hybridized carbons (Fsp3) is 0.571. The Morgan fingerprint density at radius 3 is 2.45 bits per heavy atom. The average molecular weight is 550 g/mol. The van der Waals surface area contributed by atoms with E-state index in [2.05, 4.69) is 24.1 Å². The number of benzene rings is 1. The number of fused-ring (bicyclic) bond motifs is 4. The van der Waals surface area contributed by atoms with Gasteiger partial charge in [0, 0.05) is 17.8 Å². The predicted molar refractivity (Wildman–Crippen MR) is 132 cm³/mol. The topological polar surface area (TPSA) is 104 Å². The van der Waals surface area contributed by atoms with Crippen molar-refractivity contribution in [2.24, 2.45) is 16.7 Å². The molecule has 0 heterocycles. The minimum Gasteiger partial charge on any atom is -0.388 e. The first-order chi connectivity index (χ1) is 17.7. The highest BCUT2D eigenvalue weighted by Gasteiger charge is 2.68. The van der Waals surface area contributed by atoms with Crippen molar-refractivity contribution in [3.05, 3.63) is 52.6 Å². The first-order valence-corrected chi connectivity index (χ1v) is 14.2. The molecule has 1 aromatic carbocycles. The predicted octanol–water partition coefficient (Wildman–Crippen LogP) is 5.85. The maximum atomic E-state index is 12.8. The Morgan fingerprint density at radius 1 is 1.13 bits per heavy atom. The van der Waals surface area contributed by atoms with Gasteiger partial charge in [0.25, 0.3) is 0 Å². The van der Waals surface area contributed by atoms with E-state index < -0.39 is 32.4 Å². The zero-order valence-corrected chi connectivity index (χ0v) is 22.1. The van der Waals surface area contributed by atoms with Gasteiger partial charge in [-0.25, -0.2) is 0 Å². The molecule has 10 heteroatoms. The zero-order chi connectivity index (χ0) is 27.7. The van der Waals surface area contributed by atoms with Gasteiger partial charge >= 0.3 is 15.6 Å². The number of halogens is 3. The van der Waals surface area contributed by atoms with E-state index in [9.17, 15) is 36.8 Å². The van der Waals surface area contributed by atoms with E-state index in [1.807, 2.05) is 0 Å². The molecule has 6 nitrogen and oxygen atoms in total. The van der Waals surface area contributed by atoms with Crippen LogP contribution in [0.4, 0.5) is 13.2 Å². The molecule has 0 amide bonds. The van der Waals surface area contributed by atoms with Crippen LogP contribution in [0.1, 0.15) is 76.7 Å². The van der Waals surface area contributed by atoms with Crippen molar-refractivity contribution >= 4 is 15.9 Å². The van der Waals surface area contributed by atoms with Gasteiger partial charge < -0.3 is 9.29 Å². The Labute approximate surface area is 220 Å². The van der Waals surface area contributed by atoms with Crippen molar-refractivity contribution in [2.45, 2.75) is 82.2 Å². The second-order valence-corrected chi connectivity index (χ2v) is 13.1. The smallest absolute Gasteiger partial charge is 0.388 e. The summed E-state index contributed by atoms with van der Waals surface area (Å²) in [6.45, 7) is 4.25. The number of carbonyl (C=O) groups excluding carboxylic acids is 1. The van der Waals surface area contributed by atoms with Crippen molar-refractivity contribution < 1.29 is 35.7 Å². The molecule has 5 atom stereocenters. The van der Waals surface area contributed by atoms with Crippen LogP contribution in [0.15, 0.2) is 47.1 Å². The van der Waals surface area contributed by atoms with Crippen LogP contribution in [0.25, 0.3) is 0 Å². The van der Waals surface area contributed by atoms with Crippen molar-refractivity contribution in [1.29, 1.82) is 5.26 Å². The Morgan fingerprint density at radius 2 is 1.82 bits per heavy atom. The summed E-state index contributed by atoms with van der Waals surface area (Å²) < 4.78 is 65.7. The van der Waals surface area contributed by atoms with E-state index in [-0.39, 0.29) is 29.5 Å². The maximum absolute atomic E-state index is 12.8. The maximum Gasteiger partial charge on any atom is 0.534 e. The number of nitriles is 1. The highest BCUT2D eigenvalue weighted by Crippen LogP contribution is 2.73. The molecule has 0 spiro atoms. The number of hydrogen-bond acceptors (Lipinski definition) is 6. The van der Waals surface area contributed by atoms with E-state index in [0.717, 1.165) is 36.0 Å². The molecule has 0 aliphatic heterocycles. The van der Waals surface area contributed by atoms with E-state index >= 15 is 0 Å². The molecule has 1 N–H and O–H groups in total. The fourth-order valence-electron chi connectivity index (χ4n) is 7.79. The van der Waals surface area contributed by atoms with Crippen molar-refractivity contribution in [2.75, 3.05) is 0 Å². The average Bonchev–Trinajstić information content (AvgIpc) is 3.04. The summed E-state index contributed by atoms with van der Waals surface area (Å²) in [6.07, 6.45) is 6.10. The Kier molecular flexibility index (Phi) is 6.16. The number of ketones is 1. The molecule has 4 aliphatic carbocycles. The highest BCUT2D eigenvalue weighted by molar-refractivity contribution is 7.88. The van der Waals surface area contributed by atoms with E-state index in [4.69, 9.17) is 0 Å². The van der Waals surface area contributed by atoms with Crippen molar-refractivity contribution in [3.8, 4) is 11.8 Å². The fourth-order valence-corrected chi connectivity index (χ4v) is 8.25. The van der Waals surface area contributed by atoms with Crippen LogP contribution in [0.5, 0.6) is 5.75 Å². The number of allylic oxidation sites excluding steroid dienone is 4. The second-order valence-electron chi connectivity index (χ2n) is 11.6. The van der Waals surface area contributed by atoms with Crippen LogP contribution in [-0.4, -0.2) is 30.4 Å². The summed E-state index contributed by atoms with van der Waals surface area (Å²) >= 11 is 0. The SMILES string of the molecule is C[C@]12C[C@H](c3ccc(OS(=O)(=O)C(F)(F)F)cc3)C3=C4CCC(=O)C=C4CC[C@H]3[C@]1(C)CC[C@@]2(O)CC#N. The van der Waals surface area contributed by atoms with Crippen LogP contribution >= 0.6 is 0 Å². The van der Waals surface area contributed by atoms with Crippen LogP contribution in [-0.2, 0) is 14.9 Å². The van der Waals surface area contributed by atoms with Gasteiger partial charge in [-0.2, -0.15) is 26.9 Å². The Bertz CT molecular complexity index is 1390. The lowest BCUT2D eigenvalue weighted by Crippen LogP contribution is -2.56. The van der Waals surface area contributed by atoms with Crippen molar-refractivity contribution in [1.82, 2.24) is 0 Å². The van der Waals surface area contributed by atoms with Crippen LogP contribution in [0.3, 0.4) is 0 Å². The molecule has 204 valence electrons. The molecule has 38 heavy (non-hydrogen) atoms. The minimum atomic E-state index is -5.79. The number of rotatable bonds is 4. The van der Waals surface area contributed by atoms with Crippen LogP contribution in [0, 0.1) is 28.1 Å². The zero-order valence-electron chi connectivity index (χ0n) is 21.3.